The van der Waals surface area contributed by atoms with Crippen LogP contribution in [0, 0.1) is 0 Å². The fourth-order valence-electron chi connectivity index (χ4n) is 2.86. The second kappa shape index (κ2) is 4.63. The predicted molar refractivity (Wildman–Crippen MR) is 76.1 cm³/mol. The van der Waals surface area contributed by atoms with Gasteiger partial charge in [0.05, 0.1) is 6.20 Å². The number of aromatic nitrogens is 5. The van der Waals surface area contributed by atoms with Gasteiger partial charge in [0.2, 0.25) is 0 Å². The minimum absolute atomic E-state index is 0.642. The van der Waals surface area contributed by atoms with Crippen LogP contribution >= 0.6 is 0 Å². The molecule has 0 aliphatic heterocycles. The quantitative estimate of drug-likeness (QED) is 0.766. The van der Waals surface area contributed by atoms with E-state index in [0.29, 0.717) is 5.92 Å². The first kappa shape index (κ1) is 11.5. The molecule has 1 aliphatic carbocycles. The second-order valence-corrected chi connectivity index (χ2v) is 5.26. The maximum atomic E-state index is 4.47. The Hall–Kier alpha value is -2.37. The summed E-state index contributed by atoms with van der Waals surface area (Å²) in [6.45, 7) is 0. The molecule has 1 saturated carbocycles. The van der Waals surface area contributed by atoms with Crippen molar-refractivity contribution in [2.24, 2.45) is 0 Å². The lowest BCUT2D eigenvalue weighted by molar-refractivity contribution is 0.693. The highest BCUT2D eigenvalue weighted by molar-refractivity contribution is 5.55. The van der Waals surface area contributed by atoms with E-state index in [1.54, 1.807) is 10.7 Å². The average Bonchev–Trinajstić information content (AvgIpc) is 3.19. The van der Waals surface area contributed by atoms with Gasteiger partial charge in [0.15, 0.2) is 11.5 Å². The van der Waals surface area contributed by atoms with Crippen molar-refractivity contribution in [3.05, 3.63) is 36.3 Å². The van der Waals surface area contributed by atoms with Crippen LogP contribution in [0.1, 0.15) is 37.3 Å². The van der Waals surface area contributed by atoms with Crippen molar-refractivity contribution in [1.82, 2.24) is 24.8 Å². The van der Waals surface area contributed by atoms with Crippen molar-refractivity contribution in [1.29, 1.82) is 0 Å². The molecule has 0 bridgehead atoms. The molecule has 3 heterocycles. The minimum atomic E-state index is 0.642. The van der Waals surface area contributed by atoms with Crippen molar-refractivity contribution < 1.29 is 0 Å². The molecule has 2 N–H and O–H groups in total. The SMILES string of the molecule is c1cc2nc(Nc3cc(C4CCCC4)[nH]n3)ccn2n1. The topological polar surface area (TPSA) is 70.9 Å². The molecule has 102 valence electrons. The number of H-pyrrole nitrogens is 1. The van der Waals surface area contributed by atoms with Gasteiger partial charge in [-0.1, -0.05) is 12.8 Å². The molecule has 0 aromatic carbocycles. The first-order valence-electron chi connectivity index (χ1n) is 7.01. The van der Waals surface area contributed by atoms with Crippen molar-refractivity contribution in [2.45, 2.75) is 31.6 Å². The van der Waals surface area contributed by atoms with Gasteiger partial charge in [-0.15, -0.1) is 0 Å². The van der Waals surface area contributed by atoms with Crippen LogP contribution in [-0.4, -0.2) is 24.8 Å². The molecular weight excluding hydrogens is 252 g/mol. The predicted octanol–water partition coefficient (Wildman–Crippen LogP) is 2.85. The van der Waals surface area contributed by atoms with Gasteiger partial charge < -0.3 is 5.32 Å². The Balaban J connectivity index is 1.55. The van der Waals surface area contributed by atoms with Crippen LogP contribution in [0.2, 0.25) is 0 Å². The number of anilines is 2. The van der Waals surface area contributed by atoms with Crippen LogP contribution in [0.3, 0.4) is 0 Å². The van der Waals surface area contributed by atoms with Gasteiger partial charge in [-0.25, -0.2) is 9.50 Å². The van der Waals surface area contributed by atoms with Gasteiger partial charge in [-0.3, -0.25) is 5.10 Å². The smallest absolute Gasteiger partial charge is 0.157 e. The monoisotopic (exact) mass is 268 g/mol. The Morgan fingerprint density at radius 3 is 3.00 bits per heavy atom. The number of hydrogen-bond acceptors (Lipinski definition) is 4. The van der Waals surface area contributed by atoms with Crippen molar-refractivity contribution >= 4 is 17.3 Å². The lowest BCUT2D eigenvalue weighted by Crippen LogP contribution is -1.96. The number of nitrogens with one attached hydrogen (secondary N) is 2. The fourth-order valence-corrected chi connectivity index (χ4v) is 2.86. The Kier molecular flexibility index (Phi) is 2.65. The molecule has 0 atom stereocenters. The van der Waals surface area contributed by atoms with E-state index < -0.39 is 0 Å². The average molecular weight is 268 g/mol. The van der Waals surface area contributed by atoms with Gasteiger partial charge in [-0.2, -0.15) is 10.2 Å². The van der Waals surface area contributed by atoms with Crippen molar-refractivity contribution in [3.63, 3.8) is 0 Å². The number of fused-ring (bicyclic) bond motifs is 1. The van der Waals surface area contributed by atoms with Gasteiger partial charge in [0.25, 0.3) is 0 Å². The summed E-state index contributed by atoms with van der Waals surface area (Å²) >= 11 is 0. The lowest BCUT2D eigenvalue weighted by Gasteiger charge is -2.04. The molecule has 0 amide bonds. The van der Waals surface area contributed by atoms with Gasteiger partial charge in [-0.05, 0) is 18.9 Å². The molecule has 0 radical (unpaired) electrons. The van der Waals surface area contributed by atoms with E-state index in [4.69, 9.17) is 0 Å². The lowest BCUT2D eigenvalue weighted by atomic mass is 10.0. The first-order chi connectivity index (χ1) is 9.88. The van der Waals surface area contributed by atoms with E-state index in [1.807, 2.05) is 18.3 Å². The second-order valence-electron chi connectivity index (χ2n) is 5.26. The van der Waals surface area contributed by atoms with Crippen LogP contribution in [-0.2, 0) is 0 Å². The number of hydrogen-bond donors (Lipinski definition) is 2. The largest absolute Gasteiger partial charge is 0.323 e. The number of aromatic amines is 1. The summed E-state index contributed by atoms with van der Waals surface area (Å²) in [5.74, 6) is 2.24. The van der Waals surface area contributed by atoms with Crippen LogP contribution in [0.5, 0.6) is 0 Å². The van der Waals surface area contributed by atoms with E-state index in [1.165, 1.54) is 31.4 Å². The van der Waals surface area contributed by atoms with E-state index in [9.17, 15) is 0 Å². The number of nitrogens with zero attached hydrogens (tertiary/aromatic N) is 4. The third-order valence-corrected chi connectivity index (χ3v) is 3.91. The Morgan fingerprint density at radius 2 is 2.10 bits per heavy atom. The summed E-state index contributed by atoms with van der Waals surface area (Å²) in [4.78, 5) is 4.47. The van der Waals surface area contributed by atoms with E-state index >= 15 is 0 Å². The Morgan fingerprint density at radius 1 is 1.20 bits per heavy atom. The van der Waals surface area contributed by atoms with Gasteiger partial charge in [0.1, 0.15) is 5.82 Å². The molecule has 3 aromatic heterocycles. The normalized spacial score (nSPS) is 16.0. The molecule has 6 nitrogen and oxygen atoms in total. The highest BCUT2D eigenvalue weighted by Crippen LogP contribution is 2.33. The summed E-state index contributed by atoms with van der Waals surface area (Å²) in [5.41, 5.74) is 2.05. The molecule has 1 fully saturated rings. The van der Waals surface area contributed by atoms with E-state index in [-0.39, 0.29) is 0 Å². The van der Waals surface area contributed by atoms with Crippen molar-refractivity contribution in [3.8, 4) is 0 Å². The zero-order chi connectivity index (χ0) is 13.4. The standard InChI is InChI=1S/C14H16N6/c1-2-4-10(3-1)11-9-13(19-18-11)16-12-6-8-20-14(17-12)5-7-15-20/h5-10H,1-4H2,(H2,16,17,18,19). The molecule has 4 rings (SSSR count). The Bertz CT molecular complexity index is 722. The third kappa shape index (κ3) is 2.03. The van der Waals surface area contributed by atoms with Crippen LogP contribution < -0.4 is 5.32 Å². The zero-order valence-electron chi connectivity index (χ0n) is 11.1. The summed E-state index contributed by atoms with van der Waals surface area (Å²) in [6, 6.07) is 5.86. The zero-order valence-corrected chi connectivity index (χ0v) is 11.1. The summed E-state index contributed by atoms with van der Waals surface area (Å²) in [5, 5.41) is 14.8. The molecule has 0 spiro atoms. The van der Waals surface area contributed by atoms with Gasteiger partial charge in [0, 0.05) is 29.9 Å². The third-order valence-electron chi connectivity index (χ3n) is 3.91. The summed E-state index contributed by atoms with van der Waals surface area (Å²) in [7, 11) is 0. The summed E-state index contributed by atoms with van der Waals surface area (Å²) in [6.07, 6.45) is 8.80. The molecule has 6 heteroatoms. The van der Waals surface area contributed by atoms with Crippen LogP contribution in [0.15, 0.2) is 30.6 Å². The molecule has 0 saturated heterocycles. The van der Waals surface area contributed by atoms with E-state index in [2.05, 4.69) is 31.7 Å². The molecule has 1 aliphatic rings. The van der Waals surface area contributed by atoms with Crippen LogP contribution in [0.25, 0.3) is 5.65 Å². The Labute approximate surface area is 116 Å². The first-order valence-corrected chi connectivity index (χ1v) is 7.01. The molecular formula is C14H16N6. The highest BCUT2D eigenvalue weighted by Gasteiger charge is 2.19. The fraction of sp³-hybridized carbons (Fsp3) is 0.357. The molecule has 3 aromatic rings. The minimum Gasteiger partial charge on any atom is -0.323 e. The van der Waals surface area contributed by atoms with Crippen molar-refractivity contribution in [2.75, 3.05) is 5.32 Å². The maximum absolute atomic E-state index is 4.47. The highest BCUT2D eigenvalue weighted by atomic mass is 15.3. The van der Waals surface area contributed by atoms with Crippen LogP contribution in [0.4, 0.5) is 11.6 Å². The maximum Gasteiger partial charge on any atom is 0.157 e. The molecule has 0 unspecified atom stereocenters. The van der Waals surface area contributed by atoms with Gasteiger partial charge >= 0.3 is 0 Å². The number of rotatable bonds is 3. The molecule has 20 heavy (non-hydrogen) atoms. The summed E-state index contributed by atoms with van der Waals surface area (Å²) < 4.78 is 1.74. The van der Waals surface area contributed by atoms with E-state index in [0.717, 1.165) is 17.3 Å².